The number of amides is 3. The van der Waals surface area contributed by atoms with Crippen LogP contribution in [0.4, 0.5) is 0 Å². The van der Waals surface area contributed by atoms with Gasteiger partial charge in [-0.2, -0.15) is 0 Å². The molecular weight excluding hydrogens is 358 g/mol. The summed E-state index contributed by atoms with van der Waals surface area (Å²) in [4.78, 5) is 38.0. The fourth-order valence-corrected chi connectivity index (χ4v) is 3.19. The summed E-state index contributed by atoms with van der Waals surface area (Å²) in [5, 5.41) is 5.51. The number of aryl methyl sites for hydroxylation is 1. The van der Waals surface area contributed by atoms with Crippen molar-refractivity contribution in [3.8, 4) is 5.75 Å². The van der Waals surface area contributed by atoms with Gasteiger partial charge in [0.25, 0.3) is 5.91 Å². The quantitative estimate of drug-likeness (QED) is 0.660. The van der Waals surface area contributed by atoms with Crippen molar-refractivity contribution in [1.29, 1.82) is 0 Å². The van der Waals surface area contributed by atoms with Crippen LogP contribution in [0.3, 0.4) is 0 Å². The SMILES string of the molecule is CCc1ccccc1OCC(=O)NCCNC(=O)C1CC(=O)N(C(C)(C)C)C1. The summed E-state index contributed by atoms with van der Waals surface area (Å²) >= 11 is 0. The van der Waals surface area contributed by atoms with Crippen LogP contribution in [0.1, 0.15) is 39.7 Å². The molecule has 0 radical (unpaired) electrons. The Morgan fingerprint density at radius 3 is 2.50 bits per heavy atom. The van der Waals surface area contributed by atoms with Gasteiger partial charge in [0.15, 0.2) is 6.61 Å². The Balaban J connectivity index is 1.66. The van der Waals surface area contributed by atoms with E-state index in [9.17, 15) is 14.4 Å². The molecule has 1 aliphatic heterocycles. The van der Waals surface area contributed by atoms with Gasteiger partial charge in [-0.15, -0.1) is 0 Å². The molecule has 1 aromatic rings. The molecule has 2 rings (SSSR count). The Kier molecular flexibility index (Phi) is 7.43. The number of carbonyl (C=O) groups excluding carboxylic acids is 3. The summed E-state index contributed by atoms with van der Waals surface area (Å²) in [6.45, 7) is 8.91. The number of nitrogens with zero attached hydrogens (tertiary/aromatic N) is 1. The van der Waals surface area contributed by atoms with Crippen LogP contribution in [-0.2, 0) is 20.8 Å². The second-order valence-electron chi connectivity index (χ2n) is 7.97. The standard InChI is InChI=1S/C21H31N3O4/c1-5-15-8-6-7-9-17(15)28-14-18(25)22-10-11-23-20(27)16-12-19(26)24(13-16)21(2,3)4/h6-9,16H,5,10-14H2,1-4H3,(H,22,25)(H,23,27). The first kappa shape index (κ1) is 21.7. The van der Waals surface area contributed by atoms with Crippen molar-refractivity contribution in [2.75, 3.05) is 26.2 Å². The Labute approximate surface area is 166 Å². The number of hydrogen-bond donors (Lipinski definition) is 2. The highest BCUT2D eigenvalue weighted by atomic mass is 16.5. The van der Waals surface area contributed by atoms with Gasteiger partial charge in [-0.1, -0.05) is 25.1 Å². The van der Waals surface area contributed by atoms with E-state index in [1.54, 1.807) is 4.90 Å². The molecule has 0 bridgehead atoms. The second kappa shape index (κ2) is 9.57. The summed E-state index contributed by atoms with van der Waals surface area (Å²) < 4.78 is 5.56. The average Bonchev–Trinajstić information content (AvgIpc) is 3.06. The lowest BCUT2D eigenvalue weighted by atomic mass is 10.1. The third-order valence-electron chi connectivity index (χ3n) is 4.76. The van der Waals surface area contributed by atoms with Crippen molar-refractivity contribution in [3.05, 3.63) is 29.8 Å². The number of para-hydroxylation sites is 1. The van der Waals surface area contributed by atoms with Crippen LogP contribution in [0, 0.1) is 5.92 Å². The monoisotopic (exact) mass is 389 g/mol. The molecule has 2 N–H and O–H groups in total. The van der Waals surface area contributed by atoms with E-state index < -0.39 is 0 Å². The molecule has 0 saturated carbocycles. The molecular formula is C21H31N3O4. The van der Waals surface area contributed by atoms with Crippen molar-refractivity contribution < 1.29 is 19.1 Å². The molecule has 1 aliphatic rings. The van der Waals surface area contributed by atoms with Crippen LogP contribution in [-0.4, -0.2) is 54.4 Å². The molecule has 1 unspecified atom stereocenters. The third kappa shape index (κ3) is 5.97. The number of likely N-dealkylation sites (tertiary alicyclic amines) is 1. The molecule has 3 amide bonds. The summed E-state index contributed by atoms with van der Waals surface area (Å²) in [7, 11) is 0. The lowest BCUT2D eigenvalue weighted by Crippen LogP contribution is -2.43. The van der Waals surface area contributed by atoms with Gasteiger partial charge in [0.2, 0.25) is 11.8 Å². The topological polar surface area (TPSA) is 87.7 Å². The van der Waals surface area contributed by atoms with Gasteiger partial charge < -0.3 is 20.3 Å². The van der Waals surface area contributed by atoms with Crippen molar-refractivity contribution in [1.82, 2.24) is 15.5 Å². The molecule has 1 saturated heterocycles. The van der Waals surface area contributed by atoms with Crippen LogP contribution >= 0.6 is 0 Å². The van der Waals surface area contributed by atoms with Gasteiger partial charge in [-0.3, -0.25) is 14.4 Å². The fourth-order valence-electron chi connectivity index (χ4n) is 3.19. The maximum atomic E-state index is 12.3. The zero-order valence-corrected chi connectivity index (χ0v) is 17.2. The second-order valence-corrected chi connectivity index (χ2v) is 7.97. The van der Waals surface area contributed by atoms with Gasteiger partial charge in [0.05, 0.1) is 5.92 Å². The van der Waals surface area contributed by atoms with Gasteiger partial charge in [-0.25, -0.2) is 0 Å². The predicted octanol–water partition coefficient (Wildman–Crippen LogP) is 1.51. The number of carbonyl (C=O) groups is 3. The highest BCUT2D eigenvalue weighted by Crippen LogP contribution is 2.25. The van der Waals surface area contributed by atoms with Gasteiger partial charge in [0, 0.05) is 31.6 Å². The van der Waals surface area contributed by atoms with E-state index in [0.29, 0.717) is 25.4 Å². The van der Waals surface area contributed by atoms with E-state index in [4.69, 9.17) is 4.74 Å². The first-order valence-corrected chi connectivity index (χ1v) is 9.78. The van der Waals surface area contributed by atoms with Gasteiger partial charge >= 0.3 is 0 Å². The molecule has 28 heavy (non-hydrogen) atoms. The minimum atomic E-state index is -0.337. The van der Waals surface area contributed by atoms with Gasteiger partial charge in [0.1, 0.15) is 5.75 Å². The van der Waals surface area contributed by atoms with Crippen LogP contribution in [0.25, 0.3) is 0 Å². The maximum absolute atomic E-state index is 12.3. The van der Waals surface area contributed by atoms with E-state index in [2.05, 4.69) is 10.6 Å². The van der Waals surface area contributed by atoms with Crippen molar-refractivity contribution in [2.24, 2.45) is 5.92 Å². The number of rotatable bonds is 8. The highest BCUT2D eigenvalue weighted by Gasteiger charge is 2.39. The molecule has 0 aromatic heterocycles. The number of ether oxygens (including phenoxy) is 1. The molecule has 1 fully saturated rings. The summed E-state index contributed by atoms with van der Waals surface area (Å²) in [5.41, 5.74) is 0.772. The fraction of sp³-hybridized carbons (Fsp3) is 0.571. The van der Waals surface area contributed by atoms with Gasteiger partial charge in [-0.05, 0) is 38.8 Å². The minimum absolute atomic E-state index is 0.00506. The Morgan fingerprint density at radius 2 is 1.86 bits per heavy atom. The number of benzene rings is 1. The smallest absolute Gasteiger partial charge is 0.258 e. The first-order chi connectivity index (χ1) is 13.2. The Hall–Kier alpha value is -2.57. The minimum Gasteiger partial charge on any atom is -0.483 e. The van der Waals surface area contributed by atoms with E-state index in [1.807, 2.05) is 52.0 Å². The van der Waals surface area contributed by atoms with Crippen LogP contribution in [0.15, 0.2) is 24.3 Å². The molecule has 1 aromatic carbocycles. The number of nitrogens with one attached hydrogen (secondary N) is 2. The molecule has 1 atom stereocenters. The highest BCUT2D eigenvalue weighted by molar-refractivity contribution is 5.89. The average molecular weight is 389 g/mol. The number of hydrogen-bond acceptors (Lipinski definition) is 4. The zero-order chi connectivity index (χ0) is 20.7. The molecule has 0 aliphatic carbocycles. The Bertz CT molecular complexity index is 712. The largest absolute Gasteiger partial charge is 0.483 e. The van der Waals surface area contributed by atoms with Crippen LogP contribution < -0.4 is 15.4 Å². The van der Waals surface area contributed by atoms with Crippen molar-refractivity contribution in [2.45, 2.75) is 46.1 Å². The van der Waals surface area contributed by atoms with E-state index in [0.717, 1.165) is 12.0 Å². The molecule has 7 heteroatoms. The summed E-state index contributed by atoms with van der Waals surface area (Å²) in [6, 6.07) is 7.62. The van der Waals surface area contributed by atoms with E-state index >= 15 is 0 Å². The predicted molar refractivity (Wildman–Crippen MR) is 107 cm³/mol. The summed E-state index contributed by atoms with van der Waals surface area (Å²) in [6.07, 6.45) is 1.07. The maximum Gasteiger partial charge on any atom is 0.258 e. The molecule has 0 spiro atoms. The van der Waals surface area contributed by atoms with Crippen molar-refractivity contribution in [3.63, 3.8) is 0 Å². The normalized spacial score (nSPS) is 16.8. The lowest BCUT2D eigenvalue weighted by Gasteiger charge is -2.31. The molecule has 154 valence electrons. The Morgan fingerprint density at radius 1 is 1.18 bits per heavy atom. The zero-order valence-electron chi connectivity index (χ0n) is 17.2. The lowest BCUT2D eigenvalue weighted by molar-refractivity contribution is -0.132. The van der Waals surface area contributed by atoms with Crippen molar-refractivity contribution >= 4 is 17.7 Å². The van der Waals surface area contributed by atoms with E-state index in [1.165, 1.54) is 0 Å². The third-order valence-corrected chi connectivity index (χ3v) is 4.76. The van der Waals surface area contributed by atoms with E-state index in [-0.39, 0.29) is 42.2 Å². The molecule has 7 nitrogen and oxygen atoms in total. The van der Waals surface area contributed by atoms with Crippen LogP contribution in [0.2, 0.25) is 0 Å². The summed E-state index contributed by atoms with van der Waals surface area (Å²) in [5.74, 6) is -0.0119. The van der Waals surface area contributed by atoms with Crippen LogP contribution in [0.5, 0.6) is 5.75 Å². The molecule has 1 heterocycles. The first-order valence-electron chi connectivity index (χ1n) is 9.78.